The molecule has 0 fully saturated rings. The summed E-state index contributed by atoms with van der Waals surface area (Å²) in [6.45, 7) is 0. The molecule has 0 saturated carbocycles. The molecule has 0 radical (unpaired) electrons. The van der Waals surface area contributed by atoms with Crippen molar-refractivity contribution in [3.63, 3.8) is 0 Å². The van der Waals surface area contributed by atoms with Gasteiger partial charge < -0.3 is 8.60 Å². The predicted molar refractivity (Wildman–Crippen MR) is 99.2 cm³/mol. The molecule has 0 aliphatic rings. The van der Waals surface area contributed by atoms with Crippen LogP contribution in [0.5, 0.6) is 5.75 Å². The number of hydrogen-bond acceptors (Lipinski definition) is 6. The normalized spacial score (nSPS) is 11.6. The van der Waals surface area contributed by atoms with E-state index in [4.69, 9.17) is 8.60 Å². The first-order valence-corrected chi connectivity index (χ1v) is 9.73. The fourth-order valence-corrected chi connectivity index (χ4v) is 3.52. The summed E-state index contributed by atoms with van der Waals surface area (Å²) in [5.74, 6) is 0.498. The first-order chi connectivity index (χ1) is 12.5. The summed E-state index contributed by atoms with van der Waals surface area (Å²) in [5.41, 5.74) is 1.59. The van der Waals surface area contributed by atoms with Gasteiger partial charge >= 0.3 is 10.1 Å². The molecule has 2 aromatic carbocycles. The van der Waals surface area contributed by atoms with Crippen LogP contribution in [0.2, 0.25) is 0 Å². The van der Waals surface area contributed by atoms with E-state index in [-0.39, 0.29) is 10.6 Å². The van der Waals surface area contributed by atoms with Gasteiger partial charge in [0.2, 0.25) is 5.89 Å². The van der Waals surface area contributed by atoms with Crippen molar-refractivity contribution < 1.29 is 17.0 Å². The number of fused-ring (bicyclic) bond motifs is 1. The zero-order valence-electron chi connectivity index (χ0n) is 13.2. The van der Waals surface area contributed by atoms with Crippen molar-refractivity contribution >= 4 is 37.1 Å². The largest absolute Gasteiger partial charge is 0.435 e. The van der Waals surface area contributed by atoms with Gasteiger partial charge in [0.1, 0.15) is 21.9 Å². The molecule has 0 aliphatic heterocycles. The molecule has 0 saturated heterocycles. The van der Waals surface area contributed by atoms with E-state index in [0.717, 1.165) is 4.47 Å². The predicted octanol–water partition coefficient (Wildman–Crippen LogP) is 4.42. The van der Waals surface area contributed by atoms with E-state index in [1.807, 2.05) is 6.07 Å². The van der Waals surface area contributed by atoms with Gasteiger partial charge in [0, 0.05) is 16.7 Å². The number of aromatic nitrogens is 2. The number of nitrogens with zero attached hydrogens (tertiary/aromatic N) is 2. The zero-order valence-corrected chi connectivity index (χ0v) is 15.6. The molecule has 130 valence electrons. The molecule has 8 heteroatoms. The highest BCUT2D eigenvalue weighted by atomic mass is 79.9. The average molecular weight is 431 g/mol. The number of rotatable bonds is 4. The van der Waals surface area contributed by atoms with E-state index >= 15 is 0 Å². The second-order valence-electron chi connectivity index (χ2n) is 5.35. The molecule has 0 N–H and O–H groups in total. The Morgan fingerprint density at radius 1 is 1.00 bits per heavy atom. The summed E-state index contributed by atoms with van der Waals surface area (Å²) in [4.78, 5) is 8.60. The van der Waals surface area contributed by atoms with E-state index in [9.17, 15) is 8.42 Å². The third-order valence-corrected chi connectivity index (χ3v) is 5.34. The van der Waals surface area contributed by atoms with Crippen molar-refractivity contribution in [3.8, 4) is 17.3 Å². The molecule has 26 heavy (non-hydrogen) atoms. The van der Waals surface area contributed by atoms with Crippen LogP contribution < -0.4 is 4.18 Å². The Bertz CT molecular complexity index is 1170. The van der Waals surface area contributed by atoms with Crippen LogP contribution in [0.3, 0.4) is 0 Å². The van der Waals surface area contributed by atoms with Crippen LogP contribution in [0.1, 0.15) is 0 Å². The Morgan fingerprint density at radius 3 is 2.54 bits per heavy atom. The Balaban J connectivity index is 1.66. The summed E-state index contributed by atoms with van der Waals surface area (Å²) < 4.78 is 36.4. The van der Waals surface area contributed by atoms with Crippen LogP contribution >= 0.6 is 15.9 Å². The van der Waals surface area contributed by atoms with Crippen LogP contribution in [0.4, 0.5) is 0 Å². The Kier molecular flexibility index (Phi) is 4.21. The average Bonchev–Trinajstić information content (AvgIpc) is 3.06. The fourth-order valence-electron chi connectivity index (χ4n) is 2.33. The van der Waals surface area contributed by atoms with Crippen LogP contribution in [-0.2, 0) is 10.1 Å². The number of benzene rings is 2. The minimum Gasteiger partial charge on any atom is -0.435 e. The van der Waals surface area contributed by atoms with Gasteiger partial charge in [-0.2, -0.15) is 8.42 Å². The topological polar surface area (TPSA) is 82.3 Å². The maximum atomic E-state index is 12.4. The maximum absolute atomic E-state index is 12.4. The molecule has 2 aromatic heterocycles. The quantitative estimate of drug-likeness (QED) is 0.445. The molecule has 0 amide bonds. The maximum Gasteiger partial charge on any atom is 0.339 e. The fraction of sp³-hybridized carbons (Fsp3) is 0. The minimum atomic E-state index is -3.94. The van der Waals surface area contributed by atoms with Crippen LogP contribution in [0.15, 0.2) is 80.6 Å². The van der Waals surface area contributed by atoms with Crippen molar-refractivity contribution in [1.29, 1.82) is 0 Å². The molecule has 6 nitrogen and oxygen atoms in total. The summed E-state index contributed by atoms with van der Waals surface area (Å²) in [6, 6.07) is 16.3. The molecule has 4 aromatic rings. The summed E-state index contributed by atoms with van der Waals surface area (Å²) in [7, 11) is -3.94. The van der Waals surface area contributed by atoms with Gasteiger partial charge in [-0.1, -0.05) is 22.0 Å². The smallest absolute Gasteiger partial charge is 0.339 e. The molecular formula is C18H11BrN2O4S. The standard InChI is InChI=1S/C18H11BrN2O4S/c19-12-4-7-14(8-5-12)26(22,23)25-13-6-9-15-17(11-13)24-18(21-15)16-3-1-2-10-20-16/h1-11H. The molecule has 0 spiro atoms. The molecule has 0 unspecified atom stereocenters. The van der Waals surface area contributed by atoms with Crippen molar-refractivity contribution in [3.05, 3.63) is 71.3 Å². The van der Waals surface area contributed by atoms with Gasteiger partial charge in [-0.15, -0.1) is 0 Å². The second kappa shape index (κ2) is 6.54. The number of halogens is 1. The van der Waals surface area contributed by atoms with Gasteiger partial charge in [-0.3, -0.25) is 4.98 Å². The lowest BCUT2D eigenvalue weighted by Crippen LogP contribution is -2.09. The van der Waals surface area contributed by atoms with Gasteiger partial charge in [0.05, 0.1) is 0 Å². The minimum absolute atomic E-state index is 0.0625. The molecule has 0 bridgehead atoms. The van der Waals surface area contributed by atoms with Crippen molar-refractivity contribution in [2.24, 2.45) is 0 Å². The number of hydrogen-bond donors (Lipinski definition) is 0. The Morgan fingerprint density at radius 2 is 1.81 bits per heavy atom. The van der Waals surface area contributed by atoms with Crippen LogP contribution in [-0.4, -0.2) is 18.4 Å². The van der Waals surface area contributed by atoms with Gasteiger partial charge in [0.15, 0.2) is 5.58 Å². The number of pyridine rings is 1. The first-order valence-electron chi connectivity index (χ1n) is 7.53. The first kappa shape index (κ1) is 16.7. The van der Waals surface area contributed by atoms with Gasteiger partial charge in [0.25, 0.3) is 0 Å². The second-order valence-corrected chi connectivity index (χ2v) is 7.82. The highest BCUT2D eigenvalue weighted by molar-refractivity contribution is 9.10. The monoisotopic (exact) mass is 430 g/mol. The zero-order chi connectivity index (χ0) is 18.1. The highest BCUT2D eigenvalue weighted by Crippen LogP contribution is 2.28. The Hall–Kier alpha value is -2.71. The van der Waals surface area contributed by atoms with Gasteiger partial charge in [-0.05, 0) is 48.5 Å². The molecule has 0 atom stereocenters. The van der Waals surface area contributed by atoms with Crippen LogP contribution in [0, 0.1) is 0 Å². The van der Waals surface area contributed by atoms with E-state index in [1.165, 1.54) is 24.3 Å². The lowest BCUT2D eigenvalue weighted by atomic mass is 10.3. The Labute approximate surface area is 157 Å². The highest BCUT2D eigenvalue weighted by Gasteiger charge is 2.18. The lowest BCUT2D eigenvalue weighted by Gasteiger charge is -2.06. The summed E-state index contributed by atoms with van der Waals surface area (Å²) in [6.07, 6.45) is 1.64. The molecular weight excluding hydrogens is 420 g/mol. The lowest BCUT2D eigenvalue weighted by molar-refractivity contribution is 0.486. The van der Waals surface area contributed by atoms with E-state index in [1.54, 1.807) is 36.5 Å². The van der Waals surface area contributed by atoms with E-state index in [0.29, 0.717) is 22.7 Å². The SMILES string of the molecule is O=S(=O)(Oc1ccc2nc(-c3ccccn3)oc2c1)c1ccc(Br)cc1. The molecule has 0 aliphatic carbocycles. The van der Waals surface area contributed by atoms with Crippen molar-refractivity contribution in [2.45, 2.75) is 4.90 Å². The van der Waals surface area contributed by atoms with E-state index in [2.05, 4.69) is 25.9 Å². The third-order valence-electron chi connectivity index (χ3n) is 3.55. The number of oxazole rings is 1. The van der Waals surface area contributed by atoms with Gasteiger partial charge in [-0.25, -0.2) is 4.98 Å². The third kappa shape index (κ3) is 3.33. The van der Waals surface area contributed by atoms with E-state index < -0.39 is 10.1 Å². The molecule has 2 heterocycles. The summed E-state index contributed by atoms with van der Waals surface area (Å²) >= 11 is 3.27. The van der Waals surface area contributed by atoms with Crippen molar-refractivity contribution in [2.75, 3.05) is 0 Å². The molecule has 4 rings (SSSR count). The van der Waals surface area contributed by atoms with Crippen LogP contribution in [0.25, 0.3) is 22.7 Å². The van der Waals surface area contributed by atoms with Crippen molar-refractivity contribution in [1.82, 2.24) is 9.97 Å². The summed E-state index contributed by atoms with van der Waals surface area (Å²) in [5, 5.41) is 0.